The van der Waals surface area contributed by atoms with E-state index in [2.05, 4.69) is 5.32 Å². The Morgan fingerprint density at radius 3 is 2.41 bits per heavy atom. The van der Waals surface area contributed by atoms with Gasteiger partial charge in [-0.2, -0.15) is 0 Å². The summed E-state index contributed by atoms with van der Waals surface area (Å²) in [6, 6.07) is 19.4. The molecule has 1 unspecified atom stereocenters. The molecule has 0 fully saturated rings. The van der Waals surface area contributed by atoms with E-state index in [-0.39, 0.29) is 34.3 Å². The fourth-order valence-electron chi connectivity index (χ4n) is 3.61. The van der Waals surface area contributed by atoms with Crippen LogP contribution in [0, 0.1) is 0 Å². The summed E-state index contributed by atoms with van der Waals surface area (Å²) < 4.78 is 22.4. The second-order valence-electron chi connectivity index (χ2n) is 8.01. The van der Waals surface area contributed by atoms with Crippen LogP contribution in [-0.4, -0.2) is 36.2 Å². The molecule has 0 aliphatic heterocycles. The molecule has 0 aliphatic carbocycles. The second kappa shape index (κ2) is 11.8. The topological polar surface area (TPSA) is 124 Å². The van der Waals surface area contributed by atoms with Crippen LogP contribution in [0.5, 0.6) is 23.0 Å². The third-order valence-corrected chi connectivity index (χ3v) is 5.37. The SMILES string of the molecule is CCOc1ccccc1Oc1coc2cc(OCC(=O)NC(Cc3ccccc3)C(=O)O)ccc2c1=O. The lowest BCUT2D eigenvalue weighted by molar-refractivity contribution is -0.142. The summed E-state index contributed by atoms with van der Waals surface area (Å²) in [4.78, 5) is 36.8. The number of amides is 1. The van der Waals surface area contributed by atoms with Crippen LogP contribution in [0.15, 0.2) is 88.3 Å². The van der Waals surface area contributed by atoms with Gasteiger partial charge in [-0.05, 0) is 36.8 Å². The van der Waals surface area contributed by atoms with Crippen molar-refractivity contribution in [3.8, 4) is 23.0 Å². The molecule has 1 atom stereocenters. The second-order valence-corrected chi connectivity index (χ2v) is 8.01. The minimum Gasteiger partial charge on any atom is -0.490 e. The van der Waals surface area contributed by atoms with E-state index in [9.17, 15) is 19.5 Å². The molecule has 1 aromatic heterocycles. The largest absolute Gasteiger partial charge is 0.490 e. The zero-order valence-electron chi connectivity index (χ0n) is 20.0. The van der Waals surface area contributed by atoms with Gasteiger partial charge in [0.05, 0.1) is 12.0 Å². The van der Waals surface area contributed by atoms with Gasteiger partial charge in [0.15, 0.2) is 18.1 Å². The van der Waals surface area contributed by atoms with Crippen molar-refractivity contribution >= 4 is 22.8 Å². The van der Waals surface area contributed by atoms with Crippen molar-refractivity contribution in [1.29, 1.82) is 0 Å². The maximum absolute atomic E-state index is 12.9. The van der Waals surface area contributed by atoms with Crippen LogP contribution in [0.1, 0.15) is 12.5 Å². The predicted octanol–water partition coefficient (Wildman–Crippen LogP) is 4.17. The maximum Gasteiger partial charge on any atom is 0.326 e. The molecule has 0 radical (unpaired) electrons. The first-order valence-corrected chi connectivity index (χ1v) is 11.6. The summed E-state index contributed by atoms with van der Waals surface area (Å²) in [6.07, 6.45) is 1.34. The summed E-state index contributed by atoms with van der Waals surface area (Å²) >= 11 is 0. The van der Waals surface area contributed by atoms with Crippen LogP contribution in [0.4, 0.5) is 0 Å². The van der Waals surface area contributed by atoms with Crippen molar-refractivity contribution in [3.05, 3.63) is 94.8 Å². The van der Waals surface area contributed by atoms with Gasteiger partial charge < -0.3 is 29.1 Å². The summed E-state index contributed by atoms with van der Waals surface area (Å²) in [5.41, 5.74) is 0.633. The number of hydrogen-bond donors (Lipinski definition) is 2. The Labute approximate surface area is 212 Å². The zero-order valence-corrected chi connectivity index (χ0v) is 20.0. The van der Waals surface area contributed by atoms with Gasteiger partial charge in [0.25, 0.3) is 5.91 Å². The fourth-order valence-corrected chi connectivity index (χ4v) is 3.61. The van der Waals surface area contributed by atoms with E-state index in [4.69, 9.17) is 18.6 Å². The number of nitrogens with one attached hydrogen (secondary N) is 1. The number of carboxylic acids is 1. The average molecular weight is 504 g/mol. The first kappa shape index (κ1) is 25.3. The van der Waals surface area contributed by atoms with E-state index in [1.807, 2.05) is 13.0 Å². The molecule has 2 N–H and O–H groups in total. The molecule has 9 nitrogen and oxygen atoms in total. The van der Waals surface area contributed by atoms with E-state index < -0.39 is 24.5 Å². The van der Waals surface area contributed by atoms with Crippen molar-refractivity contribution in [2.45, 2.75) is 19.4 Å². The molecule has 190 valence electrons. The highest BCUT2D eigenvalue weighted by Crippen LogP contribution is 2.31. The molecular weight excluding hydrogens is 478 g/mol. The summed E-state index contributed by atoms with van der Waals surface area (Å²) in [7, 11) is 0. The van der Waals surface area contributed by atoms with Crippen LogP contribution >= 0.6 is 0 Å². The quantitative estimate of drug-likeness (QED) is 0.312. The fraction of sp³-hybridized carbons (Fsp3) is 0.179. The van der Waals surface area contributed by atoms with Crippen LogP contribution in [0.2, 0.25) is 0 Å². The number of carbonyl (C=O) groups excluding carboxylic acids is 1. The lowest BCUT2D eigenvalue weighted by Gasteiger charge is -2.15. The molecule has 0 spiro atoms. The lowest BCUT2D eigenvalue weighted by atomic mass is 10.1. The number of hydrogen-bond acceptors (Lipinski definition) is 7. The van der Waals surface area contributed by atoms with Crippen LogP contribution < -0.4 is 25.0 Å². The smallest absolute Gasteiger partial charge is 0.326 e. The van der Waals surface area contributed by atoms with Crippen molar-refractivity contribution in [2.75, 3.05) is 13.2 Å². The standard InChI is InChI=1S/C28H25NO8/c1-2-34-22-10-6-7-11-23(22)37-25-16-36-24-15-19(12-13-20(24)27(25)31)35-17-26(30)29-21(28(32)33)14-18-8-4-3-5-9-18/h3-13,15-16,21H,2,14,17H2,1H3,(H,29,30)(H,32,33). The lowest BCUT2D eigenvalue weighted by Crippen LogP contribution is -2.44. The Balaban J connectivity index is 1.42. The van der Waals surface area contributed by atoms with Gasteiger partial charge in [-0.15, -0.1) is 0 Å². The van der Waals surface area contributed by atoms with Gasteiger partial charge in [-0.25, -0.2) is 4.79 Å². The van der Waals surface area contributed by atoms with Gasteiger partial charge >= 0.3 is 5.97 Å². The van der Waals surface area contributed by atoms with Crippen molar-refractivity contribution in [1.82, 2.24) is 5.32 Å². The number of benzene rings is 3. The third-order valence-electron chi connectivity index (χ3n) is 5.37. The van der Waals surface area contributed by atoms with Crippen molar-refractivity contribution in [2.24, 2.45) is 0 Å². The molecule has 37 heavy (non-hydrogen) atoms. The van der Waals surface area contributed by atoms with Gasteiger partial charge in [-0.1, -0.05) is 42.5 Å². The molecule has 0 aliphatic rings. The minimum absolute atomic E-state index is 0.00849. The van der Waals surface area contributed by atoms with Crippen molar-refractivity contribution < 1.29 is 33.3 Å². The molecule has 0 bridgehead atoms. The number of para-hydroxylation sites is 2. The number of fused-ring (bicyclic) bond motifs is 1. The molecule has 1 heterocycles. The van der Waals surface area contributed by atoms with Crippen LogP contribution in [0.3, 0.4) is 0 Å². The number of rotatable bonds is 11. The maximum atomic E-state index is 12.9. The molecule has 4 aromatic rings. The summed E-state index contributed by atoms with van der Waals surface area (Å²) in [5.74, 6) is -0.593. The molecule has 3 aromatic carbocycles. The normalized spacial score (nSPS) is 11.5. The molecular formula is C28H25NO8. The third kappa shape index (κ3) is 6.46. The molecule has 9 heteroatoms. The molecule has 4 rings (SSSR count). The minimum atomic E-state index is -1.15. The Morgan fingerprint density at radius 1 is 0.946 bits per heavy atom. The van der Waals surface area contributed by atoms with Gasteiger partial charge in [-0.3, -0.25) is 9.59 Å². The van der Waals surface area contributed by atoms with Gasteiger partial charge in [0.1, 0.15) is 23.6 Å². The van der Waals surface area contributed by atoms with E-state index in [1.165, 1.54) is 24.5 Å². The number of aliphatic carboxylic acids is 1. The van der Waals surface area contributed by atoms with Crippen molar-refractivity contribution in [3.63, 3.8) is 0 Å². The number of ether oxygens (including phenoxy) is 3. The van der Waals surface area contributed by atoms with E-state index in [1.54, 1.807) is 48.5 Å². The Morgan fingerprint density at radius 2 is 1.68 bits per heavy atom. The Bertz CT molecular complexity index is 1450. The number of carboxylic acid groups (broad SMARTS) is 1. The highest BCUT2D eigenvalue weighted by atomic mass is 16.5. The molecule has 0 saturated carbocycles. The summed E-state index contributed by atoms with van der Waals surface area (Å²) in [6.45, 7) is 1.88. The number of carbonyl (C=O) groups is 2. The monoisotopic (exact) mass is 503 g/mol. The molecule has 0 saturated heterocycles. The summed E-state index contributed by atoms with van der Waals surface area (Å²) in [5, 5.41) is 12.2. The average Bonchev–Trinajstić information content (AvgIpc) is 2.90. The Kier molecular flexibility index (Phi) is 8.05. The van der Waals surface area contributed by atoms with Crippen LogP contribution in [-0.2, 0) is 16.0 Å². The highest BCUT2D eigenvalue weighted by Gasteiger charge is 2.21. The van der Waals surface area contributed by atoms with Gasteiger partial charge in [0.2, 0.25) is 11.2 Å². The first-order chi connectivity index (χ1) is 17.9. The predicted molar refractivity (Wildman–Crippen MR) is 135 cm³/mol. The first-order valence-electron chi connectivity index (χ1n) is 11.6. The van der Waals surface area contributed by atoms with E-state index in [0.29, 0.717) is 18.1 Å². The van der Waals surface area contributed by atoms with E-state index in [0.717, 1.165) is 5.56 Å². The van der Waals surface area contributed by atoms with Crippen LogP contribution in [0.25, 0.3) is 11.0 Å². The zero-order chi connectivity index (χ0) is 26.2. The molecule has 1 amide bonds. The van der Waals surface area contributed by atoms with E-state index >= 15 is 0 Å². The van der Waals surface area contributed by atoms with Gasteiger partial charge in [0, 0.05) is 12.5 Å². The Hall–Kier alpha value is -4.79. The highest BCUT2D eigenvalue weighted by molar-refractivity contribution is 5.85.